The fraction of sp³-hybridized carbons (Fsp3) is 1.00. The van der Waals surface area contributed by atoms with Crippen molar-refractivity contribution >= 4 is 0 Å². The molecule has 1 saturated heterocycles. The highest BCUT2D eigenvalue weighted by atomic mass is 16.5. The minimum atomic E-state index is 0.390. The zero-order valence-corrected chi connectivity index (χ0v) is 10.8. The first-order valence-electron chi connectivity index (χ1n) is 6.16. The van der Waals surface area contributed by atoms with E-state index in [4.69, 9.17) is 14.2 Å². The Kier molecular flexibility index (Phi) is 6.96. The molecule has 1 aliphatic heterocycles. The molecule has 0 bridgehead atoms. The monoisotopic (exact) mass is 231 g/mol. The van der Waals surface area contributed by atoms with Gasteiger partial charge in [0.1, 0.15) is 0 Å². The lowest BCUT2D eigenvalue weighted by Crippen LogP contribution is -2.24. The molecule has 0 aromatic rings. The zero-order chi connectivity index (χ0) is 11.8. The molecular formula is C12H25NO3. The van der Waals surface area contributed by atoms with E-state index in [0.717, 1.165) is 13.0 Å². The van der Waals surface area contributed by atoms with Gasteiger partial charge in [-0.05, 0) is 19.9 Å². The molecule has 0 spiro atoms. The van der Waals surface area contributed by atoms with Gasteiger partial charge in [-0.2, -0.15) is 0 Å². The molecule has 0 saturated carbocycles. The fourth-order valence-electron chi connectivity index (χ4n) is 2.15. The number of methoxy groups -OCH3 is 1. The second-order valence-electron chi connectivity index (χ2n) is 4.34. The van der Waals surface area contributed by atoms with E-state index in [1.807, 2.05) is 0 Å². The largest absolute Gasteiger partial charge is 0.382 e. The summed E-state index contributed by atoms with van der Waals surface area (Å²) in [4.78, 5) is 2.39. The standard InChI is InChI=1S/C12H25NO3/c1-4-11-9-12(10-13(11)2)16-8-7-15-6-5-14-3/h11-12H,4-10H2,1-3H3/t11-,12-/m1/s1. The Bertz CT molecular complexity index is 178. The van der Waals surface area contributed by atoms with Gasteiger partial charge in [-0.1, -0.05) is 6.92 Å². The van der Waals surface area contributed by atoms with Gasteiger partial charge in [-0.15, -0.1) is 0 Å². The Balaban J connectivity index is 1.98. The van der Waals surface area contributed by atoms with Crippen LogP contribution in [0.4, 0.5) is 0 Å². The third kappa shape index (κ3) is 4.78. The van der Waals surface area contributed by atoms with E-state index in [-0.39, 0.29) is 0 Å². The van der Waals surface area contributed by atoms with Crippen molar-refractivity contribution in [1.29, 1.82) is 0 Å². The molecule has 96 valence electrons. The summed E-state index contributed by atoms with van der Waals surface area (Å²) in [7, 11) is 3.85. The van der Waals surface area contributed by atoms with Crippen molar-refractivity contribution in [3.8, 4) is 0 Å². The van der Waals surface area contributed by atoms with Crippen molar-refractivity contribution in [3.63, 3.8) is 0 Å². The molecule has 0 aromatic heterocycles. The predicted molar refractivity (Wildman–Crippen MR) is 63.8 cm³/mol. The highest BCUT2D eigenvalue weighted by Crippen LogP contribution is 2.20. The van der Waals surface area contributed by atoms with Crippen LogP contribution in [-0.4, -0.2) is 64.2 Å². The van der Waals surface area contributed by atoms with E-state index in [1.54, 1.807) is 7.11 Å². The normalized spacial score (nSPS) is 26.4. The molecule has 0 radical (unpaired) electrons. The van der Waals surface area contributed by atoms with Crippen LogP contribution < -0.4 is 0 Å². The molecule has 4 heteroatoms. The zero-order valence-electron chi connectivity index (χ0n) is 10.8. The Morgan fingerprint density at radius 3 is 2.56 bits per heavy atom. The third-order valence-electron chi connectivity index (χ3n) is 3.13. The maximum absolute atomic E-state index is 5.78. The van der Waals surface area contributed by atoms with E-state index in [1.165, 1.54) is 6.42 Å². The van der Waals surface area contributed by atoms with Gasteiger partial charge in [0.15, 0.2) is 0 Å². The van der Waals surface area contributed by atoms with Gasteiger partial charge >= 0.3 is 0 Å². The Morgan fingerprint density at radius 1 is 1.19 bits per heavy atom. The van der Waals surface area contributed by atoms with Gasteiger partial charge in [0, 0.05) is 19.7 Å². The minimum absolute atomic E-state index is 0.390. The Morgan fingerprint density at radius 2 is 1.94 bits per heavy atom. The molecule has 0 aromatic carbocycles. The number of ether oxygens (including phenoxy) is 3. The van der Waals surface area contributed by atoms with Gasteiger partial charge in [0.05, 0.1) is 32.5 Å². The van der Waals surface area contributed by atoms with Gasteiger partial charge < -0.3 is 19.1 Å². The summed E-state index contributed by atoms with van der Waals surface area (Å²) in [5, 5.41) is 0. The molecule has 0 aliphatic carbocycles. The molecule has 2 atom stereocenters. The van der Waals surface area contributed by atoms with Gasteiger partial charge in [0.25, 0.3) is 0 Å². The topological polar surface area (TPSA) is 30.9 Å². The van der Waals surface area contributed by atoms with E-state index in [0.29, 0.717) is 38.6 Å². The molecule has 1 aliphatic rings. The van der Waals surface area contributed by atoms with Crippen molar-refractivity contribution < 1.29 is 14.2 Å². The molecule has 1 fully saturated rings. The summed E-state index contributed by atoms with van der Waals surface area (Å²) in [5.41, 5.74) is 0. The summed E-state index contributed by atoms with van der Waals surface area (Å²) in [5.74, 6) is 0. The van der Waals surface area contributed by atoms with Crippen molar-refractivity contribution in [2.24, 2.45) is 0 Å². The fourth-order valence-corrected chi connectivity index (χ4v) is 2.15. The van der Waals surface area contributed by atoms with E-state index >= 15 is 0 Å². The van der Waals surface area contributed by atoms with Gasteiger partial charge in [-0.3, -0.25) is 0 Å². The van der Waals surface area contributed by atoms with Crippen LogP contribution in [0.1, 0.15) is 19.8 Å². The number of likely N-dealkylation sites (N-methyl/N-ethyl adjacent to an activating group) is 1. The van der Waals surface area contributed by atoms with Crippen LogP contribution in [0.2, 0.25) is 0 Å². The number of nitrogens with zero attached hydrogens (tertiary/aromatic N) is 1. The van der Waals surface area contributed by atoms with Crippen LogP contribution in [0.25, 0.3) is 0 Å². The van der Waals surface area contributed by atoms with Crippen molar-refractivity contribution in [2.45, 2.75) is 31.9 Å². The highest BCUT2D eigenvalue weighted by molar-refractivity contribution is 4.82. The molecule has 1 heterocycles. The van der Waals surface area contributed by atoms with Crippen LogP contribution in [0, 0.1) is 0 Å². The summed E-state index contributed by atoms with van der Waals surface area (Å²) < 4.78 is 16.0. The van der Waals surface area contributed by atoms with Crippen LogP contribution in [0.5, 0.6) is 0 Å². The van der Waals surface area contributed by atoms with Crippen molar-refractivity contribution in [1.82, 2.24) is 4.90 Å². The first-order chi connectivity index (χ1) is 7.77. The summed E-state index contributed by atoms with van der Waals surface area (Å²) in [6.45, 7) is 5.96. The molecule has 0 unspecified atom stereocenters. The molecule has 16 heavy (non-hydrogen) atoms. The summed E-state index contributed by atoms with van der Waals surface area (Å²) >= 11 is 0. The maximum Gasteiger partial charge on any atom is 0.0718 e. The van der Waals surface area contributed by atoms with Crippen LogP contribution in [0.15, 0.2) is 0 Å². The quantitative estimate of drug-likeness (QED) is 0.586. The maximum atomic E-state index is 5.78. The highest BCUT2D eigenvalue weighted by Gasteiger charge is 2.28. The first-order valence-corrected chi connectivity index (χ1v) is 6.16. The first kappa shape index (κ1) is 13.9. The lowest BCUT2D eigenvalue weighted by Gasteiger charge is -2.15. The number of hydrogen-bond acceptors (Lipinski definition) is 4. The van der Waals surface area contributed by atoms with Gasteiger partial charge in [-0.25, -0.2) is 0 Å². The molecule has 0 N–H and O–H groups in total. The lowest BCUT2D eigenvalue weighted by atomic mass is 10.1. The Hall–Kier alpha value is -0.160. The van der Waals surface area contributed by atoms with Crippen molar-refractivity contribution in [2.75, 3.05) is 47.1 Å². The van der Waals surface area contributed by atoms with Crippen molar-refractivity contribution in [3.05, 3.63) is 0 Å². The van der Waals surface area contributed by atoms with Crippen LogP contribution >= 0.6 is 0 Å². The van der Waals surface area contributed by atoms with E-state index < -0.39 is 0 Å². The predicted octanol–water partition coefficient (Wildman–Crippen LogP) is 1.15. The SMILES string of the molecule is CC[C@@H]1C[C@@H](OCCOCCOC)CN1C. The Labute approximate surface area is 98.8 Å². The molecular weight excluding hydrogens is 206 g/mol. The average molecular weight is 231 g/mol. The average Bonchev–Trinajstić information content (AvgIpc) is 2.64. The van der Waals surface area contributed by atoms with E-state index in [2.05, 4.69) is 18.9 Å². The second kappa shape index (κ2) is 8.01. The third-order valence-corrected chi connectivity index (χ3v) is 3.13. The smallest absolute Gasteiger partial charge is 0.0718 e. The summed E-state index contributed by atoms with van der Waals surface area (Å²) in [6.07, 6.45) is 2.76. The lowest BCUT2D eigenvalue weighted by molar-refractivity contribution is -0.00234. The number of hydrogen-bond donors (Lipinski definition) is 0. The minimum Gasteiger partial charge on any atom is -0.382 e. The second-order valence-corrected chi connectivity index (χ2v) is 4.34. The number of likely N-dealkylation sites (tertiary alicyclic amines) is 1. The molecule has 1 rings (SSSR count). The molecule has 4 nitrogen and oxygen atoms in total. The molecule has 0 amide bonds. The van der Waals surface area contributed by atoms with Crippen LogP contribution in [0.3, 0.4) is 0 Å². The number of rotatable bonds is 8. The van der Waals surface area contributed by atoms with E-state index in [9.17, 15) is 0 Å². The van der Waals surface area contributed by atoms with Gasteiger partial charge in [0.2, 0.25) is 0 Å². The van der Waals surface area contributed by atoms with Crippen LogP contribution in [-0.2, 0) is 14.2 Å². The summed E-state index contributed by atoms with van der Waals surface area (Å²) in [6, 6.07) is 0.694.